The minimum atomic E-state index is -1.05. The van der Waals surface area contributed by atoms with Crippen LogP contribution < -0.4 is 5.32 Å². The number of carboxylic acids is 1. The van der Waals surface area contributed by atoms with E-state index in [2.05, 4.69) is 15.6 Å². The van der Waals surface area contributed by atoms with Crippen molar-refractivity contribution in [1.82, 2.24) is 20.3 Å². The zero-order valence-corrected chi connectivity index (χ0v) is 13.0. The molecule has 1 aromatic heterocycles. The molecule has 8 nitrogen and oxygen atoms in total. The van der Waals surface area contributed by atoms with Crippen molar-refractivity contribution in [3.05, 3.63) is 42.2 Å². The summed E-state index contributed by atoms with van der Waals surface area (Å²) in [6.07, 6.45) is 4.72. The van der Waals surface area contributed by atoms with Crippen LogP contribution in [0.5, 0.6) is 0 Å². The average Bonchev–Trinajstić information content (AvgIpc) is 3.15. The van der Waals surface area contributed by atoms with E-state index in [0.29, 0.717) is 24.5 Å². The predicted molar refractivity (Wildman–Crippen MR) is 83.8 cm³/mol. The summed E-state index contributed by atoms with van der Waals surface area (Å²) < 4.78 is 6.86. The zero-order chi connectivity index (χ0) is 16.9. The number of carbonyl (C=O) groups excluding carboxylic acids is 1. The lowest BCUT2D eigenvalue weighted by Crippen LogP contribution is -2.48. The minimum absolute atomic E-state index is 0.223. The van der Waals surface area contributed by atoms with E-state index in [-0.39, 0.29) is 5.92 Å². The molecule has 1 fully saturated rings. The van der Waals surface area contributed by atoms with Gasteiger partial charge in [-0.05, 0) is 31.0 Å². The second kappa shape index (κ2) is 7.22. The highest BCUT2D eigenvalue weighted by Gasteiger charge is 2.31. The number of rotatable bonds is 5. The van der Waals surface area contributed by atoms with Gasteiger partial charge in [-0.3, -0.25) is 4.79 Å². The molecular formula is C16H18N4O4. The zero-order valence-electron chi connectivity index (χ0n) is 13.0. The quantitative estimate of drug-likeness (QED) is 0.843. The summed E-state index contributed by atoms with van der Waals surface area (Å²) in [4.78, 5) is 24.0. The molecule has 2 unspecified atom stereocenters. The third-order valence-electron chi connectivity index (χ3n) is 4.01. The van der Waals surface area contributed by atoms with Gasteiger partial charge < -0.3 is 15.2 Å². The van der Waals surface area contributed by atoms with E-state index in [0.717, 1.165) is 12.8 Å². The van der Waals surface area contributed by atoms with Gasteiger partial charge in [-0.15, -0.1) is 5.10 Å². The van der Waals surface area contributed by atoms with Crippen molar-refractivity contribution in [2.24, 2.45) is 5.92 Å². The third-order valence-corrected chi connectivity index (χ3v) is 4.01. The second-order valence-corrected chi connectivity index (χ2v) is 5.66. The lowest BCUT2D eigenvalue weighted by atomic mass is 9.93. The van der Waals surface area contributed by atoms with Gasteiger partial charge in [-0.25, -0.2) is 9.48 Å². The van der Waals surface area contributed by atoms with Crippen molar-refractivity contribution >= 4 is 11.9 Å². The number of nitrogens with zero attached hydrogens (tertiary/aromatic N) is 3. The second-order valence-electron chi connectivity index (χ2n) is 5.66. The molecule has 1 aliphatic heterocycles. The topological polar surface area (TPSA) is 106 Å². The maximum Gasteiger partial charge on any atom is 0.326 e. The summed E-state index contributed by atoms with van der Waals surface area (Å²) in [5.74, 6) is -1.71. The summed E-state index contributed by atoms with van der Waals surface area (Å²) in [5.41, 5.74) is 1.04. The molecule has 2 heterocycles. The van der Waals surface area contributed by atoms with E-state index in [1.165, 1.54) is 10.9 Å². The van der Waals surface area contributed by atoms with Crippen molar-refractivity contribution in [1.29, 1.82) is 0 Å². The molecule has 3 rings (SSSR count). The third kappa shape index (κ3) is 3.60. The van der Waals surface area contributed by atoms with Crippen LogP contribution in [0, 0.1) is 5.92 Å². The molecule has 0 saturated carbocycles. The van der Waals surface area contributed by atoms with Crippen LogP contribution in [-0.2, 0) is 9.53 Å². The number of amides is 1. The van der Waals surface area contributed by atoms with Crippen molar-refractivity contribution in [3.8, 4) is 5.69 Å². The first-order valence-corrected chi connectivity index (χ1v) is 7.73. The number of ether oxygens (including phenoxy) is 1. The highest BCUT2D eigenvalue weighted by Crippen LogP contribution is 2.18. The van der Waals surface area contributed by atoms with Crippen molar-refractivity contribution in [3.63, 3.8) is 0 Å². The van der Waals surface area contributed by atoms with Crippen molar-refractivity contribution in [2.45, 2.75) is 18.9 Å². The Bertz CT molecular complexity index is 711. The molecule has 1 aromatic carbocycles. The van der Waals surface area contributed by atoms with E-state index in [1.807, 2.05) is 0 Å². The van der Waals surface area contributed by atoms with Crippen molar-refractivity contribution in [2.75, 3.05) is 13.2 Å². The molecule has 1 aliphatic rings. The highest BCUT2D eigenvalue weighted by molar-refractivity contribution is 5.97. The largest absolute Gasteiger partial charge is 0.480 e. The maximum absolute atomic E-state index is 12.5. The minimum Gasteiger partial charge on any atom is -0.480 e. The standard InChI is InChI=1S/C16H18N4O4/c21-15(18-14(16(22)23)12-4-2-8-24-10-12)11-3-1-5-13(9-11)20-7-6-17-19-20/h1,3,5-7,9,12,14H,2,4,8,10H2,(H,18,21)(H,22,23). The molecule has 0 aliphatic carbocycles. The van der Waals surface area contributed by atoms with Gasteiger partial charge in [-0.1, -0.05) is 11.3 Å². The van der Waals surface area contributed by atoms with Crippen molar-refractivity contribution < 1.29 is 19.4 Å². The number of nitrogens with one attached hydrogen (secondary N) is 1. The smallest absolute Gasteiger partial charge is 0.326 e. The van der Waals surface area contributed by atoms with E-state index in [4.69, 9.17) is 4.74 Å². The Labute approximate surface area is 138 Å². The molecule has 2 atom stereocenters. The number of benzene rings is 1. The molecule has 24 heavy (non-hydrogen) atoms. The maximum atomic E-state index is 12.5. The van der Waals surface area contributed by atoms with Gasteiger partial charge >= 0.3 is 5.97 Å². The summed E-state index contributed by atoms with van der Waals surface area (Å²) in [6.45, 7) is 0.979. The first-order chi connectivity index (χ1) is 11.6. The Morgan fingerprint density at radius 3 is 2.96 bits per heavy atom. The van der Waals surface area contributed by atoms with Crippen LogP contribution in [0.1, 0.15) is 23.2 Å². The number of carbonyl (C=O) groups is 2. The molecule has 2 aromatic rings. The summed E-state index contributed by atoms with van der Waals surface area (Å²) in [5, 5.41) is 19.6. The Kier molecular flexibility index (Phi) is 4.85. The highest BCUT2D eigenvalue weighted by atomic mass is 16.5. The SMILES string of the molecule is O=C(NC(C(=O)O)C1CCCOC1)c1cccc(-n2ccnn2)c1. The fourth-order valence-corrected chi connectivity index (χ4v) is 2.77. The van der Waals surface area contributed by atoms with Crippen LogP contribution in [0.25, 0.3) is 5.69 Å². The number of aromatic nitrogens is 3. The normalized spacial score (nSPS) is 18.8. The first kappa shape index (κ1) is 16.1. The van der Waals surface area contributed by atoms with E-state index < -0.39 is 17.9 Å². The molecule has 126 valence electrons. The van der Waals surface area contributed by atoms with Gasteiger partial charge in [0.15, 0.2) is 0 Å². The lowest BCUT2D eigenvalue weighted by molar-refractivity contribution is -0.142. The fraction of sp³-hybridized carbons (Fsp3) is 0.375. The lowest BCUT2D eigenvalue weighted by Gasteiger charge is -2.28. The van der Waals surface area contributed by atoms with Crippen LogP contribution in [0.4, 0.5) is 0 Å². The van der Waals surface area contributed by atoms with Gasteiger partial charge in [0.25, 0.3) is 5.91 Å². The van der Waals surface area contributed by atoms with Gasteiger partial charge in [0, 0.05) is 18.1 Å². The summed E-state index contributed by atoms with van der Waals surface area (Å²) in [7, 11) is 0. The monoisotopic (exact) mass is 330 g/mol. The number of hydrogen-bond acceptors (Lipinski definition) is 5. The van der Waals surface area contributed by atoms with Crippen LogP contribution in [0.2, 0.25) is 0 Å². The molecule has 0 spiro atoms. The van der Waals surface area contributed by atoms with Crippen LogP contribution in [-0.4, -0.2) is 51.2 Å². The molecule has 8 heteroatoms. The Balaban J connectivity index is 1.75. The number of aliphatic carboxylic acids is 1. The molecular weight excluding hydrogens is 312 g/mol. The van der Waals surface area contributed by atoms with Crippen LogP contribution in [0.3, 0.4) is 0 Å². The Morgan fingerprint density at radius 1 is 1.42 bits per heavy atom. The molecule has 0 radical (unpaired) electrons. The van der Waals surface area contributed by atoms with Crippen LogP contribution in [0.15, 0.2) is 36.7 Å². The molecule has 2 N–H and O–H groups in total. The first-order valence-electron chi connectivity index (χ1n) is 7.73. The fourth-order valence-electron chi connectivity index (χ4n) is 2.77. The van der Waals surface area contributed by atoms with E-state index in [9.17, 15) is 14.7 Å². The van der Waals surface area contributed by atoms with Gasteiger partial charge in [0.05, 0.1) is 24.7 Å². The molecule has 1 amide bonds. The van der Waals surface area contributed by atoms with Gasteiger partial charge in [0.2, 0.25) is 0 Å². The molecule has 0 bridgehead atoms. The van der Waals surface area contributed by atoms with Gasteiger partial charge in [-0.2, -0.15) is 0 Å². The summed E-state index contributed by atoms with van der Waals surface area (Å²) in [6, 6.07) is 5.81. The summed E-state index contributed by atoms with van der Waals surface area (Å²) >= 11 is 0. The number of hydrogen-bond donors (Lipinski definition) is 2. The Hall–Kier alpha value is -2.74. The Morgan fingerprint density at radius 2 is 2.29 bits per heavy atom. The van der Waals surface area contributed by atoms with Gasteiger partial charge in [0.1, 0.15) is 6.04 Å². The van der Waals surface area contributed by atoms with Crippen LogP contribution >= 0.6 is 0 Å². The predicted octanol–water partition coefficient (Wildman–Crippen LogP) is 0.877. The van der Waals surface area contributed by atoms with E-state index >= 15 is 0 Å². The number of carboxylic acid groups (broad SMARTS) is 1. The average molecular weight is 330 g/mol. The molecule has 1 saturated heterocycles. The van der Waals surface area contributed by atoms with E-state index in [1.54, 1.807) is 30.5 Å².